The number of nitrogens with zero attached hydrogens (tertiary/aromatic N) is 5. The maximum absolute atomic E-state index is 12.1. The summed E-state index contributed by atoms with van der Waals surface area (Å²) in [6.45, 7) is 4.73. The van der Waals surface area contributed by atoms with Crippen LogP contribution in [0.15, 0.2) is 49.3 Å². The van der Waals surface area contributed by atoms with E-state index in [0.29, 0.717) is 5.56 Å². The zero-order valence-electron chi connectivity index (χ0n) is 13.0. The van der Waals surface area contributed by atoms with E-state index in [9.17, 15) is 4.79 Å². The average Bonchev–Trinajstić information content (AvgIpc) is 3.24. The van der Waals surface area contributed by atoms with Crippen LogP contribution in [0.25, 0.3) is 11.8 Å². The molecular weight excluding hydrogens is 290 g/mol. The molecule has 0 fully saturated rings. The third-order valence-electron chi connectivity index (χ3n) is 3.56. The van der Waals surface area contributed by atoms with Crippen LogP contribution in [-0.2, 0) is 6.54 Å². The molecule has 116 valence electrons. The number of aromatic nitrogens is 5. The maximum atomic E-state index is 12.1. The maximum Gasteiger partial charge on any atom is 0.189 e. The number of carbonyl (C=O) groups excluding carboxylic acids is 1. The molecule has 0 radical (unpaired) electrons. The number of ketones is 1. The molecule has 0 amide bonds. The van der Waals surface area contributed by atoms with Gasteiger partial charge in [-0.3, -0.25) is 9.48 Å². The Labute approximate surface area is 134 Å². The average molecular weight is 307 g/mol. The number of carbonyl (C=O) groups is 1. The molecular formula is C17H17N5O. The van der Waals surface area contributed by atoms with Gasteiger partial charge in [-0.05, 0) is 43.2 Å². The van der Waals surface area contributed by atoms with Crippen LogP contribution in [0.5, 0.6) is 0 Å². The Kier molecular flexibility index (Phi) is 4.14. The molecule has 0 aliphatic heterocycles. The number of hydrogen-bond acceptors (Lipinski definition) is 4. The summed E-state index contributed by atoms with van der Waals surface area (Å²) in [6.07, 6.45) is 9.89. The first kappa shape index (κ1) is 14.9. The molecule has 6 heteroatoms. The Morgan fingerprint density at radius 3 is 2.83 bits per heavy atom. The summed E-state index contributed by atoms with van der Waals surface area (Å²) in [6, 6.07) is 5.92. The van der Waals surface area contributed by atoms with Crippen molar-refractivity contribution in [3.63, 3.8) is 0 Å². The van der Waals surface area contributed by atoms with Gasteiger partial charge in [0.1, 0.15) is 12.7 Å². The zero-order valence-corrected chi connectivity index (χ0v) is 13.0. The van der Waals surface area contributed by atoms with E-state index < -0.39 is 0 Å². The summed E-state index contributed by atoms with van der Waals surface area (Å²) in [5, 5.41) is 8.24. The molecule has 0 aliphatic rings. The number of rotatable bonds is 5. The van der Waals surface area contributed by atoms with Crippen molar-refractivity contribution in [2.75, 3.05) is 0 Å². The summed E-state index contributed by atoms with van der Waals surface area (Å²) in [5.74, 6) is -0.0531. The molecule has 0 saturated heterocycles. The summed E-state index contributed by atoms with van der Waals surface area (Å²) in [5.41, 5.74) is 3.58. The molecule has 0 spiro atoms. The molecule has 6 nitrogen and oxygen atoms in total. The lowest BCUT2D eigenvalue weighted by Crippen LogP contribution is -1.97. The van der Waals surface area contributed by atoms with E-state index in [1.165, 1.54) is 6.33 Å². The van der Waals surface area contributed by atoms with Crippen molar-refractivity contribution in [1.29, 1.82) is 0 Å². The lowest BCUT2D eigenvalue weighted by molar-refractivity contribution is 0.104. The highest BCUT2D eigenvalue weighted by Gasteiger charge is 2.05. The van der Waals surface area contributed by atoms with E-state index in [2.05, 4.69) is 15.2 Å². The first-order chi connectivity index (χ1) is 11.2. The Morgan fingerprint density at radius 1 is 1.30 bits per heavy atom. The molecule has 2 heterocycles. The van der Waals surface area contributed by atoms with Gasteiger partial charge in [0.2, 0.25) is 0 Å². The molecule has 2 aromatic heterocycles. The lowest BCUT2D eigenvalue weighted by Gasteiger charge is -2.05. The summed E-state index contributed by atoms with van der Waals surface area (Å²) in [4.78, 5) is 16.1. The van der Waals surface area contributed by atoms with Gasteiger partial charge in [0.15, 0.2) is 5.78 Å². The first-order valence-electron chi connectivity index (χ1n) is 7.38. The van der Waals surface area contributed by atoms with Gasteiger partial charge in [-0.25, -0.2) is 9.67 Å². The van der Waals surface area contributed by atoms with Crippen molar-refractivity contribution in [2.45, 2.75) is 20.4 Å². The summed E-state index contributed by atoms with van der Waals surface area (Å²) in [7, 11) is 0. The number of benzene rings is 1. The lowest BCUT2D eigenvalue weighted by atomic mass is 10.1. The molecule has 0 atom stereocenters. The molecule has 0 N–H and O–H groups in total. The largest absolute Gasteiger partial charge is 0.289 e. The first-order valence-corrected chi connectivity index (χ1v) is 7.38. The van der Waals surface area contributed by atoms with Gasteiger partial charge >= 0.3 is 0 Å². The summed E-state index contributed by atoms with van der Waals surface area (Å²) < 4.78 is 3.45. The van der Waals surface area contributed by atoms with E-state index in [0.717, 1.165) is 23.4 Å². The van der Waals surface area contributed by atoms with Gasteiger partial charge in [-0.1, -0.05) is 12.1 Å². The van der Waals surface area contributed by atoms with E-state index in [-0.39, 0.29) is 5.78 Å². The minimum Gasteiger partial charge on any atom is -0.289 e. The Bertz CT molecular complexity index is 846. The van der Waals surface area contributed by atoms with Crippen molar-refractivity contribution in [1.82, 2.24) is 24.5 Å². The van der Waals surface area contributed by atoms with Gasteiger partial charge in [0.25, 0.3) is 0 Å². The molecule has 0 bridgehead atoms. The van der Waals surface area contributed by atoms with Crippen LogP contribution in [0.3, 0.4) is 0 Å². The molecule has 0 unspecified atom stereocenters. The molecule has 3 rings (SSSR count). The standard InChI is InChI=1S/C17H17N5O/c1-3-21-10-15(9-19-21)17(23)7-5-14-4-6-16(13(2)8-14)22-12-18-11-20-22/h4-12H,3H2,1-2H3/b7-5+. The van der Waals surface area contributed by atoms with Crippen LogP contribution in [0.4, 0.5) is 0 Å². The number of allylic oxidation sites excluding steroid dienone is 1. The summed E-state index contributed by atoms with van der Waals surface area (Å²) >= 11 is 0. The zero-order chi connectivity index (χ0) is 16.2. The topological polar surface area (TPSA) is 65.6 Å². The van der Waals surface area contributed by atoms with E-state index in [1.807, 2.05) is 38.1 Å². The normalized spacial score (nSPS) is 11.2. The van der Waals surface area contributed by atoms with Crippen LogP contribution >= 0.6 is 0 Å². The van der Waals surface area contributed by atoms with Crippen LogP contribution in [0, 0.1) is 6.92 Å². The number of aryl methyl sites for hydroxylation is 2. The van der Waals surface area contributed by atoms with E-state index in [1.54, 1.807) is 34.2 Å². The van der Waals surface area contributed by atoms with E-state index >= 15 is 0 Å². The second-order valence-electron chi connectivity index (χ2n) is 5.17. The molecule has 3 aromatic rings. The van der Waals surface area contributed by atoms with Crippen molar-refractivity contribution in [3.05, 3.63) is 66.0 Å². The molecule has 23 heavy (non-hydrogen) atoms. The Hall–Kier alpha value is -3.02. The van der Waals surface area contributed by atoms with Crippen LogP contribution in [-0.4, -0.2) is 30.3 Å². The predicted molar refractivity (Wildman–Crippen MR) is 87.4 cm³/mol. The van der Waals surface area contributed by atoms with Gasteiger partial charge < -0.3 is 0 Å². The fraction of sp³-hybridized carbons (Fsp3) is 0.176. The van der Waals surface area contributed by atoms with Gasteiger partial charge in [-0.2, -0.15) is 10.2 Å². The fourth-order valence-electron chi connectivity index (χ4n) is 2.30. The van der Waals surface area contributed by atoms with Crippen LogP contribution < -0.4 is 0 Å². The fourth-order valence-corrected chi connectivity index (χ4v) is 2.30. The Morgan fingerprint density at radius 2 is 2.17 bits per heavy atom. The smallest absolute Gasteiger partial charge is 0.189 e. The SMILES string of the molecule is CCn1cc(C(=O)/C=C/c2ccc(-n3cncn3)c(C)c2)cn1. The third-order valence-corrected chi connectivity index (χ3v) is 3.56. The highest BCUT2D eigenvalue weighted by molar-refractivity contribution is 6.06. The van der Waals surface area contributed by atoms with Crippen molar-refractivity contribution in [2.24, 2.45) is 0 Å². The van der Waals surface area contributed by atoms with Gasteiger partial charge in [0.05, 0.1) is 17.4 Å². The van der Waals surface area contributed by atoms with Crippen LogP contribution in [0.2, 0.25) is 0 Å². The minimum atomic E-state index is -0.0531. The predicted octanol–water partition coefficient (Wildman–Crippen LogP) is 2.69. The number of hydrogen-bond donors (Lipinski definition) is 0. The van der Waals surface area contributed by atoms with E-state index in [4.69, 9.17) is 0 Å². The molecule has 1 aromatic carbocycles. The van der Waals surface area contributed by atoms with Crippen molar-refractivity contribution in [3.8, 4) is 5.69 Å². The van der Waals surface area contributed by atoms with Gasteiger partial charge in [0, 0.05) is 12.7 Å². The van der Waals surface area contributed by atoms with Crippen molar-refractivity contribution >= 4 is 11.9 Å². The van der Waals surface area contributed by atoms with Crippen LogP contribution in [0.1, 0.15) is 28.4 Å². The second-order valence-corrected chi connectivity index (χ2v) is 5.17. The minimum absolute atomic E-state index is 0.0531. The molecule has 0 saturated carbocycles. The molecule has 0 aliphatic carbocycles. The quantitative estimate of drug-likeness (QED) is 0.537. The highest BCUT2D eigenvalue weighted by atomic mass is 16.1. The third kappa shape index (κ3) is 3.26. The van der Waals surface area contributed by atoms with Gasteiger partial charge in [-0.15, -0.1) is 0 Å². The second kappa shape index (κ2) is 6.39. The van der Waals surface area contributed by atoms with Crippen molar-refractivity contribution < 1.29 is 4.79 Å². The highest BCUT2D eigenvalue weighted by Crippen LogP contribution is 2.16. The Balaban J connectivity index is 1.77. The monoisotopic (exact) mass is 307 g/mol.